The Kier molecular flexibility index (Phi) is 3.59. The van der Waals surface area contributed by atoms with E-state index in [0.717, 1.165) is 0 Å². The van der Waals surface area contributed by atoms with Crippen LogP contribution in [0.5, 0.6) is 0 Å². The van der Waals surface area contributed by atoms with E-state index in [2.05, 4.69) is 6.58 Å². The van der Waals surface area contributed by atoms with Crippen molar-refractivity contribution in [2.24, 2.45) is 34.0 Å². The quantitative estimate of drug-likeness (QED) is 0.474. The number of carbonyl (C=O) groups excluding carboxylic acids is 1. The van der Waals surface area contributed by atoms with Crippen molar-refractivity contribution in [2.45, 2.75) is 69.9 Å². The maximum absolute atomic E-state index is 13.5. The molecule has 0 aromatic heterocycles. The molecule has 2 spiro atoms. The van der Waals surface area contributed by atoms with Gasteiger partial charge in [-0.2, -0.15) is 0 Å². The molecule has 7 heteroatoms. The summed E-state index contributed by atoms with van der Waals surface area (Å²) in [6.45, 7) is 7.91. The van der Waals surface area contributed by atoms with Gasteiger partial charge in [0.05, 0.1) is 17.6 Å². The molecule has 2 saturated heterocycles. The van der Waals surface area contributed by atoms with Crippen LogP contribution in [0.2, 0.25) is 0 Å². The molecule has 1 unspecified atom stereocenters. The Morgan fingerprint density at radius 2 is 1.82 bits per heavy atom. The number of carbonyl (C=O) groups is 1. The number of hydrogen-bond acceptors (Lipinski definition) is 7. The van der Waals surface area contributed by atoms with Crippen molar-refractivity contribution in [3.05, 3.63) is 12.2 Å². The Balaban J connectivity index is 1.85. The Bertz CT molecular complexity index is 764. The number of aliphatic hydroxyl groups excluding tert-OH is 3. The van der Waals surface area contributed by atoms with Crippen molar-refractivity contribution in [3.8, 4) is 0 Å². The molecular weight excluding hydrogens is 364 g/mol. The highest BCUT2D eigenvalue weighted by Crippen LogP contribution is 2.77. The van der Waals surface area contributed by atoms with Gasteiger partial charge in [-0.1, -0.05) is 20.4 Å². The van der Waals surface area contributed by atoms with Crippen molar-refractivity contribution in [2.75, 3.05) is 7.11 Å². The third-order valence-corrected chi connectivity index (χ3v) is 9.12. The summed E-state index contributed by atoms with van der Waals surface area (Å²) >= 11 is 0. The summed E-state index contributed by atoms with van der Waals surface area (Å²) in [6.07, 6.45) is -2.32. The van der Waals surface area contributed by atoms with Crippen molar-refractivity contribution in [3.63, 3.8) is 0 Å². The molecule has 0 amide bonds. The minimum Gasteiger partial charge on any atom is -0.392 e. The van der Waals surface area contributed by atoms with E-state index in [4.69, 9.17) is 9.47 Å². The van der Waals surface area contributed by atoms with Crippen LogP contribution >= 0.6 is 0 Å². The lowest BCUT2D eigenvalue weighted by Gasteiger charge is -2.76. The Labute approximate surface area is 164 Å². The number of ether oxygens (including phenoxy) is 2. The second-order valence-corrected chi connectivity index (χ2v) is 10.3. The van der Waals surface area contributed by atoms with Crippen LogP contribution in [-0.4, -0.2) is 63.7 Å². The largest absolute Gasteiger partial charge is 0.392 e. The summed E-state index contributed by atoms with van der Waals surface area (Å²) in [5, 5.41) is 45.9. The summed E-state index contributed by atoms with van der Waals surface area (Å²) in [5.74, 6) is -4.34. The monoisotopic (exact) mass is 394 g/mol. The Morgan fingerprint density at radius 3 is 2.46 bits per heavy atom. The normalized spacial score (nSPS) is 59.2. The molecule has 7 nitrogen and oxygen atoms in total. The third kappa shape index (κ3) is 1.59. The van der Waals surface area contributed by atoms with Gasteiger partial charge in [0.2, 0.25) is 5.79 Å². The minimum absolute atomic E-state index is 0.276. The smallest absolute Gasteiger partial charge is 0.211 e. The van der Waals surface area contributed by atoms with E-state index in [1.807, 2.05) is 13.8 Å². The second kappa shape index (κ2) is 5.25. The van der Waals surface area contributed by atoms with E-state index in [-0.39, 0.29) is 5.57 Å². The third-order valence-electron chi connectivity index (χ3n) is 9.12. The van der Waals surface area contributed by atoms with Crippen LogP contribution in [0, 0.1) is 34.0 Å². The fourth-order valence-electron chi connectivity index (χ4n) is 8.19. The van der Waals surface area contributed by atoms with Gasteiger partial charge >= 0.3 is 0 Å². The van der Waals surface area contributed by atoms with Crippen molar-refractivity contribution < 1.29 is 34.7 Å². The minimum atomic E-state index is -2.30. The summed E-state index contributed by atoms with van der Waals surface area (Å²) < 4.78 is 11.6. The summed E-state index contributed by atoms with van der Waals surface area (Å²) in [6, 6.07) is 0. The van der Waals surface area contributed by atoms with Crippen LogP contribution in [0.15, 0.2) is 12.2 Å². The van der Waals surface area contributed by atoms with Gasteiger partial charge in [0, 0.05) is 18.9 Å². The molecule has 28 heavy (non-hydrogen) atoms. The molecule has 6 aliphatic rings. The average molecular weight is 394 g/mol. The van der Waals surface area contributed by atoms with Crippen LogP contribution in [-0.2, 0) is 14.3 Å². The molecule has 6 fully saturated rings. The van der Waals surface area contributed by atoms with Crippen molar-refractivity contribution in [1.82, 2.24) is 0 Å². The number of rotatable bonds is 1. The number of Topliss-reactive ketones (excluding diaryl/α,β-unsaturated/α-hetero) is 1. The fraction of sp³-hybridized carbons (Fsp3) is 0.857. The van der Waals surface area contributed by atoms with Gasteiger partial charge in [-0.3, -0.25) is 4.79 Å². The van der Waals surface area contributed by atoms with Crippen molar-refractivity contribution >= 4 is 5.78 Å². The number of ketones is 1. The molecule has 2 aliphatic heterocycles. The number of aliphatic hydroxyl groups is 4. The molecule has 2 heterocycles. The molecule has 4 aliphatic carbocycles. The van der Waals surface area contributed by atoms with E-state index in [0.29, 0.717) is 25.7 Å². The molecule has 4 saturated carbocycles. The van der Waals surface area contributed by atoms with E-state index in [1.54, 1.807) is 0 Å². The number of hydrogen-bond donors (Lipinski definition) is 4. The molecule has 10 atom stereocenters. The van der Waals surface area contributed by atoms with Gasteiger partial charge in [0.15, 0.2) is 12.1 Å². The highest BCUT2D eigenvalue weighted by Gasteiger charge is 2.89. The lowest BCUT2D eigenvalue weighted by atomic mass is 9.35. The van der Waals surface area contributed by atoms with Crippen LogP contribution < -0.4 is 0 Å². The molecule has 4 N–H and O–H groups in total. The second-order valence-electron chi connectivity index (χ2n) is 10.3. The highest BCUT2D eigenvalue weighted by atomic mass is 16.8. The standard InChI is InChI=1S/C21H30O7/c1-9-10-5-6-11-19-12(22)7-8-18(2,3)13(19)16(25)21(26,28-17(19)27-4)20(11,14(9)23)15(10)24/h10-13,15-17,22,24-26H,1,5-8H2,2-4H3/t10-,11-,12-,13+,15+,16-,17-,19?,20-,21-/m0/s1. The first-order valence-corrected chi connectivity index (χ1v) is 10.2. The van der Waals surface area contributed by atoms with Crippen LogP contribution in [0.25, 0.3) is 0 Å². The topological polar surface area (TPSA) is 116 Å². The summed E-state index contributed by atoms with van der Waals surface area (Å²) in [4.78, 5) is 13.5. The lowest BCUT2D eigenvalue weighted by molar-refractivity contribution is -0.509. The Morgan fingerprint density at radius 1 is 1.14 bits per heavy atom. The van der Waals surface area contributed by atoms with Crippen LogP contribution in [0.1, 0.15) is 39.5 Å². The Hall–Kier alpha value is -0.830. The summed E-state index contributed by atoms with van der Waals surface area (Å²) in [5.41, 5.74) is -2.98. The fourth-order valence-corrected chi connectivity index (χ4v) is 8.19. The first-order valence-electron chi connectivity index (χ1n) is 10.2. The van der Waals surface area contributed by atoms with E-state index in [1.165, 1.54) is 7.11 Å². The highest BCUT2D eigenvalue weighted by molar-refractivity contribution is 6.05. The summed E-state index contributed by atoms with van der Waals surface area (Å²) in [7, 11) is 1.45. The molecule has 0 radical (unpaired) electrons. The van der Waals surface area contributed by atoms with Crippen LogP contribution in [0.4, 0.5) is 0 Å². The zero-order chi connectivity index (χ0) is 20.4. The van der Waals surface area contributed by atoms with Crippen LogP contribution in [0.3, 0.4) is 0 Å². The lowest BCUT2D eigenvalue weighted by Crippen LogP contribution is -2.87. The molecule has 6 rings (SSSR count). The number of fused-ring (bicyclic) bond motifs is 2. The maximum Gasteiger partial charge on any atom is 0.211 e. The average Bonchev–Trinajstić information content (AvgIpc) is 2.75. The number of methoxy groups -OCH3 is 1. The van der Waals surface area contributed by atoms with E-state index < -0.39 is 70.2 Å². The zero-order valence-electron chi connectivity index (χ0n) is 16.6. The molecule has 156 valence electrons. The van der Waals surface area contributed by atoms with Gasteiger partial charge in [-0.15, -0.1) is 0 Å². The van der Waals surface area contributed by atoms with E-state index >= 15 is 0 Å². The van der Waals surface area contributed by atoms with E-state index in [9.17, 15) is 25.2 Å². The first-order chi connectivity index (χ1) is 13.0. The van der Waals surface area contributed by atoms with Crippen molar-refractivity contribution in [1.29, 1.82) is 0 Å². The molecule has 0 aromatic carbocycles. The van der Waals surface area contributed by atoms with Gasteiger partial charge in [-0.05, 0) is 42.6 Å². The predicted molar refractivity (Wildman–Crippen MR) is 96.6 cm³/mol. The van der Waals surface area contributed by atoms with Gasteiger partial charge in [0.1, 0.15) is 11.5 Å². The van der Waals surface area contributed by atoms with Gasteiger partial charge < -0.3 is 29.9 Å². The predicted octanol–water partition coefficient (Wildman–Crippen LogP) is 0.348. The first kappa shape index (κ1) is 19.2. The SMILES string of the molecule is C=C1C(=O)[C@]23[C@H](O)[C@H]1CC[C@H]2C12[C@@H](OC)O[C@@]3(O)[C@@H](O)[C@@H]1C(C)(C)CC[C@@H]2O. The molecular formula is C21H30O7. The molecule has 4 bridgehead atoms. The zero-order valence-corrected chi connectivity index (χ0v) is 16.6. The molecule has 0 aromatic rings. The van der Waals surface area contributed by atoms with Gasteiger partial charge in [0.25, 0.3) is 0 Å². The van der Waals surface area contributed by atoms with Gasteiger partial charge in [-0.25, -0.2) is 0 Å². The maximum atomic E-state index is 13.5.